The molecule has 18 heavy (non-hydrogen) atoms. The van der Waals surface area contributed by atoms with Gasteiger partial charge in [-0.15, -0.1) is 0 Å². The fourth-order valence-electron chi connectivity index (χ4n) is 5.44. The molecule has 0 bridgehead atoms. The van der Waals surface area contributed by atoms with E-state index < -0.39 is 0 Å². The van der Waals surface area contributed by atoms with Gasteiger partial charge in [0.15, 0.2) is 0 Å². The molecule has 0 N–H and O–H groups in total. The number of allylic oxidation sites excluding steroid dienone is 2. The van der Waals surface area contributed by atoms with Crippen molar-refractivity contribution in [2.45, 2.75) is 38.5 Å². The Morgan fingerprint density at radius 3 is 2.67 bits per heavy atom. The molecule has 4 aliphatic carbocycles. The van der Waals surface area contributed by atoms with E-state index in [9.17, 15) is 9.59 Å². The van der Waals surface area contributed by atoms with Crippen molar-refractivity contribution in [1.82, 2.24) is 0 Å². The van der Waals surface area contributed by atoms with Gasteiger partial charge < -0.3 is 0 Å². The Kier molecular flexibility index (Phi) is 2.30. The summed E-state index contributed by atoms with van der Waals surface area (Å²) in [5.41, 5.74) is 0. The van der Waals surface area contributed by atoms with Gasteiger partial charge in [-0.1, -0.05) is 18.6 Å². The number of rotatable bonds is 0. The molecule has 0 saturated heterocycles. The smallest absolute Gasteiger partial charge is 0.202 e. The summed E-state index contributed by atoms with van der Waals surface area (Å²) in [4.78, 5) is 24.3. The minimum atomic E-state index is -0.0191. The number of hydrogen-bond donors (Lipinski definition) is 0. The van der Waals surface area contributed by atoms with Crippen molar-refractivity contribution < 1.29 is 9.59 Å². The van der Waals surface area contributed by atoms with E-state index in [4.69, 9.17) is 0 Å². The maximum Gasteiger partial charge on any atom is 0.202 e. The summed E-state index contributed by atoms with van der Waals surface area (Å²) < 4.78 is 0. The summed E-state index contributed by atoms with van der Waals surface area (Å²) in [5.74, 6) is 2.58. The third-order valence-electron chi connectivity index (χ3n) is 6.07. The fourth-order valence-corrected chi connectivity index (χ4v) is 5.44. The van der Waals surface area contributed by atoms with Gasteiger partial charge in [-0.2, -0.15) is 0 Å². The van der Waals surface area contributed by atoms with Crippen LogP contribution >= 0.6 is 0 Å². The van der Waals surface area contributed by atoms with Crippen LogP contribution in [0.5, 0.6) is 0 Å². The lowest BCUT2D eigenvalue weighted by Gasteiger charge is -2.48. The summed E-state index contributed by atoms with van der Waals surface area (Å²) >= 11 is 0. The molecule has 0 spiro atoms. The molecule has 0 aliphatic heterocycles. The molecule has 96 valence electrons. The lowest BCUT2D eigenvalue weighted by Crippen LogP contribution is -2.43. The summed E-state index contributed by atoms with van der Waals surface area (Å²) in [6.07, 6.45) is 11.5. The van der Waals surface area contributed by atoms with Gasteiger partial charge in [0.2, 0.25) is 11.6 Å². The second-order valence-electron chi connectivity index (χ2n) is 6.68. The monoisotopic (exact) mass is 244 g/mol. The molecular formula is C16H20O2. The van der Waals surface area contributed by atoms with Crippen LogP contribution in [0.2, 0.25) is 0 Å². The molecule has 0 heterocycles. The van der Waals surface area contributed by atoms with Crippen LogP contribution in [0.3, 0.4) is 0 Å². The van der Waals surface area contributed by atoms with Gasteiger partial charge in [-0.25, -0.2) is 0 Å². The molecule has 2 heteroatoms. The first-order valence-corrected chi connectivity index (χ1v) is 7.52. The topological polar surface area (TPSA) is 34.1 Å². The molecule has 0 amide bonds. The van der Waals surface area contributed by atoms with E-state index in [-0.39, 0.29) is 23.4 Å². The summed E-state index contributed by atoms with van der Waals surface area (Å²) in [7, 11) is 0. The third kappa shape index (κ3) is 1.29. The van der Waals surface area contributed by atoms with Crippen LogP contribution in [0.1, 0.15) is 38.5 Å². The molecule has 0 aromatic carbocycles. The Hall–Kier alpha value is -0.920. The summed E-state index contributed by atoms with van der Waals surface area (Å²) in [6, 6.07) is 0. The largest absolute Gasteiger partial charge is 0.291 e. The van der Waals surface area contributed by atoms with E-state index in [0.29, 0.717) is 17.8 Å². The van der Waals surface area contributed by atoms with Gasteiger partial charge in [-0.05, 0) is 55.8 Å². The first-order chi connectivity index (χ1) is 8.77. The maximum atomic E-state index is 12.2. The van der Waals surface area contributed by atoms with Crippen LogP contribution in [0.4, 0.5) is 0 Å². The minimum absolute atomic E-state index is 0.0164. The van der Waals surface area contributed by atoms with Crippen molar-refractivity contribution in [3.8, 4) is 0 Å². The van der Waals surface area contributed by atoms with E-state index in [2.05, 4.69) is 12.2 Å². The van der Waals surface area contributed by atoms with Crippen LogP contribution < -0.4 is 0 Å². The zero-order valence-corrected chi connectivity index (χ0v) is 10.7. The van der Waals surface area contributed by atoms with Gasteiger partial charge in [0.1, 0.15) is 0 Å². The van der Waals surface area contributed by atoms with E-state index in [0.717, 1.165) is 25.2 Å². The number of carbonyl (C=O) groups is 2. The van der Waals surface area contributed by atoms with Gasteiger partial charge in [0.05, 0.1) is 0 Å². The lowest BCUT2D eigenvalue weighted by atomic mass is 9.55. The predicted molar refractivity (Wildman–Crippen MR) is 67.8 cm³/mol. The van der Waals surface area contributed by atoms with Crippen molar-refractivity contribution in [3.63, 3.8) is 0 Å². The zero-order chi connectivity index (χ0) is 12.3. The third-order valence-corrected chi connectivity index (χ3v) is 6.07. The fraction of sp³-hybridized carbons (Fsp3) is 0.750. The Labute approximate surface area is 108 Å². The Morgan fingerprint density at radius 2 is 1.78 bits per heavy atom. The molecule has 3 fully saturated rings. The van der Waals surface area contributed by atoms with E-state index in [1.807, 2.05) is 0 Å². The number of Topliss-reactive ketones (excluding diaryl/α,β-unsaturated/α-hetero) is 2. The highest BCUT2D eigenvalue weighted by Crippen LogP contribution is 2.57. The summed E-state index contributed by atoms with van der Waals surface area (Å²) in [6.45, 7) is 0. The number of fused-ring (bicyclic) bond motifs is 2. The average Bonchev–Trinajstić information content (AvgIpc) is 2.66. The predicted octanol–water partition coefficient (Wildman–Crippen LogP) is 2.77. The Balaban J connectivity index is 1.75. The molecule has 0 aromatic heterocycles. The number of carbonyl (C=O) groups excluding carboxylic acids is 2. The van der Waals surface area contributed by atoms with Gasteiger partial charge in [-0.3, -0.25) is 9.59 Å². The quantitative estimate of drug-likeness (QED) is 0.485. The van der Waals surface area contributed by atoms with Gasteiger partial charge in [0.25, 0.3) is 0 Å². The summed E-state index contributed by atoms with van der Waals surface area (Å²) in [5, 5.41) is 0. The van der Waals surface area contributed by atoms with Crippen molar-refractivity contribution >= 4 is 11.6 Å². The Morgan fingerprint density at radius 1 is 0.944 bits per heavy atom. The van der Waals surface area contributed by atoms with Gasteiger partial charge in [0, 0.05) is 11.8 Å². The van der Waals surface area contributed by atoms with Crippen LogP contribution in [0.15, 0.2) is 12.2 Å². The number of hydrogen-bond acceptors (Lipinski definition) is 2. The van der Waals surface area contributed by atoms with Crippen LogP contribution in [-0.4, -0.2) is 11.6 Å². The average molecular weight is 244 g/mol. The van der Waals surface area contributed by atoms with Crippen molar-refractivity contribution in [1.29, 1.82) is 0 Å². The van der Waals surface area contributed by atoms with Crippen LogP contribution in [0.25, 0.3) is 0 Å². The van der Waals surface area contributed by atoms with E-state index >= 15 is 0 Å². The molecule has 0 radical (unpaired) electrons. The minimum Gasteiger partial charge on any atom is -0.291 e. The molecule has 0 aromatic rings. The Bertz CT molecular complexity index is 436. The highest BCUT2D eigenvalue weighted by Gasteiger charge is 2.58. The van der Waals surface area contributed by atoms with Crippen molar-refractivity contribution in [3.05, 3.63) is 12.2 Å². The molecule has 2 nitrogen and oxygen atoms in total. The van der Waals surface area contributed by atoms with Crippen LogP contribution in [0, 0.1) is 35.5 Å². The SMILES string of the molecule is O=C1C(=O)C2CC3C=CCCC3C3CCCC1C23. The van der Waals surface area contributed by atoms with Crippen LogP contribution in [-0.2, 0) is 9.59 Å². The zero-order valence-electron chi connectivity index (χ0n) is 10.7. The van der Waals surface area contributed by atoms with Gasteiger partial charge >= 0.3 is 0 Å². The highest BCUT2D eigenvalue weighted by atomic mass is 16.2. The molecular weight excluding hydrogens is 224 g/mol. The second kappa shape index (κ2) is 3.79. The normalized spacial score (nSPS) is 50.0. The highest BCUT2D eigenvalue weighted by molar-refractivity contribution is 6.41. The van der Waals surface area contributed by atoms with Crippen molar-refractivity contribution in [2.75, 3.05) is 0 Å². The van der Waals surface area contributed by atoms with E-state index in [1.54, 1.807) is 0 Å². The van der Waals surface area contributed by atoms with E-state index in [1.165, 1.54) is 19.3 Å². The van der Waals surface area contributed by atoms with Crippen molar-refractivity contribution in [2.24, 2.45) is 35.5 Å². The molecule has 6 unspecified atom stereocenters. The maximum absolute atomic E-state index is 12.2. The molecule has 6 atom stereocenters. The standard InChI is InChI=1S/C16H20O2/c17-15-12-7-3-6-11-10-5-2-1-4-9(10)8-13(14(11)12)16(15)18/h1,4,9-14H,2-3,5-8H2. The second-order valence-corrected chi connectivity index (χ2v) is 6.68. The number of ketones is 2. The molecule has 3 saturated carbocycles. The molecule has 4 aliphatic rings. The lowest BCUT2D eigenvalue weighted by molar-refractivity contribution is -0.137. The first kappa shape index (κ1) is 11.0. The molecule has 4 rings (SSSR count). The first-order valence-electron chi connectivity index (χ1n) is 7.52.